The molecule has 3 nitrogen and oxygen atoms in total. The topological polar surface area (TPSA) is 43.1 Å². The summed E-state index contributed by atoms with van der Waals surface area (Å²) >= 11 is 5.03. The molecule has 0 bridgehead atoms. The molecule has 17 heavy (non-hydrogen) atoms. The molecular weight excluding hydrogens is 302 g/mol. The summed E-state index contributed by atoms with van der Waals surface area (Å²) in [5.41, 5.74) is 0.112. The van der Waals surface area contributed by atoms with Gasteiger partial charge in [-0.1, -0.05) is 23.9 Å². The smallest absolute Gasteiger partial charge is 0.258 e. The van der Waals surface area contributed by atoms with Crippen LogP contribution in [0.2, 0.25) is 0 Å². The lowest BCUT2D eigenvalue weighted by Crippen LogP contribution is -1.86. The van der Waals surface area contributed by atoms with Crippen molar-refractivity contribution in [3.05, 3.63) is 63.1 Å². The second-order valence-electron chi connectivity index (χ2n) is 3.28. The van der Waals surface area contributed by atoms with E-state index in [1.54, 1.807) is 23.9 Å². The molecule has 0 aliphatic rings. The number of hydrogen-bond acceptors (Lipinski definition) is 3. The maximum Gasteiger partial charge on any atom is 0.269 e. The van der Waals surface area contributed by atoms with Gasteiger partial charge in [0.05, 0.1) is 4.92 Å². The number of non-ortho nitro benzene ring substituents is 1. The van der Waals surface area contributed by atoms with Crippen LogP contribution in [0.4, 0.5) is 5.69 Å². The standard InChI is InChI=1S/C12H8BrNO2S/c13-11-3-1-2-4-12(11)17-10-7-5-9(6-8-10)14(15)16/h1-8H. The number of rotatable bonds is 3. The predicted molar refractivity (Wildman–Crippen MR) is 71.4 cm³/mol. The van der Waals surface area contributed by atoms with Crippen molar-refractivity contribution in [3.8, 4) is 0 Å². The summed E-state index contributed by atoms with van der Waals surface area (Å²) in [7, 11) is 0. The first-order valence-corrected chi connectivity index (χ1v) is 6.44. The van der Waals surface area contributed by atoms with Crippen LogP contribution in [0.1, 0.15) is 0 Å². The Morgan fingerprint density at radius 1 is 1.06 bits per heavy atom. The molecule has 86 valence electrons. The number of nitrogens with zero attached hydrogens (tertiary/aromatic N) is 1. The number of benzene rings is 2. The van der Waals surface area contributed by atoms with E-state index in [4.69, 9.17) is 0 Å². The highest BCUT2D eigenvalue weighted by Gasteiger charge is 2.05. The Kier molecular flexibility index (Phi) is 3.81. The predicted octanol–water partition coefficient (Wildman–Crippen LogP) is 4.51. The lowest BCUT2D eigenvalue weighted by atomic mass is 10.3. The van der Waals surface area contributed by atoms with Gasteiger partial charge in [0.2, 0.25) is 0 Å². The Morgan fingerprint density at radius 2 is 1.71 bits per heavy atom. The molecule has 0 atom stereocenters. The lowest BCUT2D eigenvalue weighted by molar-refractivity contribution is -0.384. The zero-order valence-corrected chi connectivity index (χ0v) is 11.1. The zero-order valence-electron chi connectivity index (χ0n) is 8.67. The third-order valence-corrected chi connectivity index (χ3v) is 4.15. The average Bonchev–Trinajstić information content (AvgIpc) is 2.33. The Morgan fingerprint density at radius 3 is 2.29 bits per heavy atom. The Labute approximate surface area is 111 Å². The van der Waals surface area contributed by atoms with Gasteiger partial charge in [0.15, 0.2) is 0 Å². The van der Waals surface area contributed by atoms with Crippen LogP contribution in [0, 0.1) is 10.1 Å². The van der Waals surface area contributed by atoms with Gasteiger partial charge in [0.1, 0.15) is 0 Å². The van der Waals surface area contributed by atoms with Gasteiger partial charge in [-0.3, -0.25) is 10.1 Å². The third-order valence-electron chi connectivity index (χ3n) is 2.11. The molecule has 2 aromatic carbocycles. The van der Waals surface area contributed by atoms with Crippen LogP contribution in [0.25, 0.3) is 0 Å². The number of nitro benzene ring substituents is 1. The van der Waals surface area contributed by atoms with E-state index in [0.29, 0.717) is 0 Å². The summed E-state index contributed by atoms with van der Waals surface area (Å²) in [4.78, 5) is 12.2. The normalized spacial score (nSPS) is 10.2. The van der Waals surface area contributed by atoms with Crippen LogP contribution in [0.5, 0.6) is 0 Å². The highest BCUT2D eigenvalue weighted by molar-refractivity contribution is 9.10. The minimum absolute atomic E-state index is 0.112. The SMILES string of the molecule is O=[N+]([O-])c1ccc(Sc2ccccc2Br)cc1. The summed E-state index contributed by atoms with van der Waals surface area (Å²) in [6, 6.07) is 14.4. The van der Waals surface area contributed by atoms with Crippen molar-refractivity contribution in [2.45, 2.75) is 9.79 Å². The maximum absolute atomic E-state index is 10.5. The molecule has 2 aromatic rings. The van der Waals surface area contributed by atoms with Crippen molar-refractivity contribution in [1.29, 1.82) is 0 Å². The molecule has 0 unspecified atom stereocenters. The fourth-order valence-electron chi connectivity index (χ4n) is 1.29. The second kappa shape index (κ2) is 5.33. The van der Waals surface area contributed by atoms with Crippen molar-refractivity contribution in [2.75, 3.05) is 0 Å². The molecule has 5 heteroatoms. The highest BCUT2D eigenvalue weighted by Crippen LogP contribution is 2.33. The third kappa shape index (κ3) is 3.08. The zero-order chi connectivity index (χ0) is 12.3. The van der Waals surface area contributed by atoms with Gasteiger partial charge in [0.25, 0.3) is 5.69 Å². The number of hydrogen-bond donors (Lipinski definition) is 0. The van der Waals surface area contributed by atoms with Gasteiger partial charge in [-0.15, -0.1) is 0 Å². The highest BCUT2D eigenvalue weighted by atomic mass is 79.9. The van der Waals surface area contributed by atoms with E-state index in [2.05, 4.69) is 15.9 Å². The molecule has 0 amide bonds. The van der Waals surface area contributed by atoms with Gasteiger partial charge in [-0.25, -0.2) is 0 Å². The van der Waals surface area contributed by atoms with E-state index in [0.717, 1.165) is 14.3 Å². The summed E-state index contributed by atoms with van der Waals surface area (Å²) in [6.45, 7) is 0. The molecule has 0 saturated heterocycles. The van der Waals surface area contributed by atoms with E-state index in [1.165, 1.54) is 12.1 Å². The molecule has 0 N–H and O–H groups in total. The van der Waals surface area contributed by atoms with Gasteiger partial charge in [-0.05, 0) is 40.2 Å². The van der Waals surface area contributed by atoms with Crippen molar-refractivity contribution in [3.63, 3.8) is 0 Å². The molecule has 2 rings (SSSR count). The number of nitro groups is 1. The molecule has 0 radical (unpaired) electrons. The molecule has 0 fully saturated rings. The van der Waals surface area contributed by atoms with Crippen LogP contribution >= 0.6 is 27.7 Å². The largest absolute Gasteiger partial charge is 0.269 e. The molecule has 0 saturated carbocycles. The molecule has 0 spiro atoms. The minimum Gasteiger partial charge on any atom is -0.258 e. The maximum atomic E-state index is 10.5. The molecule has 0 heterocycles. The first kappa shape index (κ1) is 12.1. The molecule has 0 aliphatic carbocycles. The van der Waals surface area contributed by atoms with Crippen LogP contribution in [-0.2, 0) is 0 Å². The fourth-order valence-corrected chi connectivity index (χ4v) is 2.66. The Balaban J connectivity index is 2.20. The monoisotopic (exact) mass is 309 g/mol. The van der Waals surface area contributed by atoms with Gasteiger partial charge < -0.3 is 0 Å². The summed E-state index contributed by atoms with van der Waals surface area (Å²) in [5, 5.41) is 10.5. The van der Waals surface area contributed by atoms with E-state index in [1.807, 2.05) is 24.3 Å². The van der Waals surface area contributed by atoms with E-state index < -0.39 is 4.92 Å². The van der Waals surface area contributed by atoms with Crippen molar-refractivity contribution in [1.82, 2.24) is 0 Å². The lowest BCUT2D eigenvalue weighted by Gasteiger charge is -2.03. The van der Waals surface area contributed by atoms with E-state index in [9.17, 15) is 10.1 Å². The van der Waals surface area contributed by atoms with Gasteiger partial charge >= 0.3 is 0 Å². The van der Waals surface area contributed by atoms with E-state index >= 15 is 0 Å². The van der Waals surface area contributed by atoms with Crippen molar-refractivity contribution in [2.24, 2.45) is 0 Å². The van der Waals surface area contributed by atoms with E-state index in [-0.39, 0.29) is 5.69 Å². The quantitative estimate of drug-likeness (QED) is 0.619. The first-order chi connectivity index (χ1) is 8.16. The van der Waals surface area contributed by atoms with Gasteiger partial charge in [-0.2, -0.15) is 0 Å². The van der Waals surface area contributed by atoms with Crippen LogP contribution in [0.15, 0.2) is 62.8 Å². The average molecular weight is 310 g/mol. The van der Waals surface area contributed by atoms with Crippen molar-refractivity contribution >= 4 is 33.4 Å². The fraction of sp³-hybridized carbons (Fsp3) is 0. The van der Waals surface area contributed by atoms with Crippen LogP contribution < -0.4 is 0 Å². The Hall–Kier alpha value is -1.33. The van der Waals surface area contributed by atoms with Crippen molar-refractivity contribution < 1.29 is 4.92 Å². The first-order valence-electron chi connectivity index (χ1n) is 4.83. The summed E-state index contributed by atoms with van der Waals surface area (Å²) in [6.07, 6.45) is 0. The van der Waals surface area contributed by atoms with Crippen LogP contribution in [0.3, 0.4) is 0 Å². The van der Waals surface area contributed by atoms with Gasteiger partial charge in [0, 0.05) is 26.4 Å². The molecule has 0 aromatic heterocycles. The second-order valence-corrected chi connectivity index (χ2v) is 5.25. The summed E-state index contributed by atoms with van der Waals surface area (Å²) < 4.78 is 1.02. The molecule has 0 aliphatic heterocycles. The molecular formula is C12H8BrNO2S. The number of halogens is 1. The van der Waals surface area contributed by atoms with Crippen LogP contribution in [-0.4, -0.2) is 4.92 Å². The summed E-state index contributed by atoms with van der Waals surface area (Å²) in [5.74, 6) is 0. The minimum atomic E-state index is -0.396. The Bertz CT molecular complexity index is 542.